The van der Waals surface area contributed by atoms with Crippen LogP contribution in [0.4, 0.5) is 5.13 Å². The highest BCUT2D eigenvalue weighted by atomic mass is 32.2. The highest BCUT2D eigenvalue weighted by Gasteiger charge is 2.31. The smallest absolute Gasteiger partial charge is 0.272 e. The van der Waals surface area contributed by atoms with E-state index >= 15 is 0 Å². The van der Waals surface area contributed by atoms with Crippen LogP contribution in [0.1, 0.15) is 12.5 Å². The van der Waals surface area contributed by atoms with Crippen molar-refractivity contribution in [2.24, 2.45) is 0 Å². The first-order chi connectivity index (χ1) is 11.9. The summed E-state index contributed by atoms with van der Waals surface area (Å²) in [6.07, 6.45) is 0. The summed E-state index contributed by atoms with van der Waals surface area (Å²) in [6, 6.07) is 10.1. The van der Waals surface area contributed by atoms with Crippen LogP contribution in [0.2, 0.25) is 0 Å². The Kier molecular flexibility index (Phi) is 5.42. The van der Waals surface area contributed by atoms with E-state index in [0.717, 1.165) is 17.9 Å². The molecule has 0 atom stereocenters. The monoisotopic (exact) mass is 381 g/mol. The van der Waals surface area contributed by atoms with Crippen LogP contribution in [0.25, 0.3) is 0 Å². The highest BCUT2D eigenvalue weighted by molar-refractivity contribution is 7.91. The lowest BCUT2D eigenvalue weighted by atomic mass is 10.2. The number of hydrogen-bond acceptors (Lipinski definition) is 7. The lowest BCUT2D eigenvalue weighted by Crippen LogP contribution is -2.48. The van der Waals surface area contributed by atoms with Gasteiger partial charge in [0.15, 0.2) is 0 Å². The maximum absolute atomic E-state index is 12.7. The molecule has 1 fully saturated rings. The molecule has 134 valence electrons. The molecule has 0 radical (unpaired) electrons. The summed E-state index contributed by atoms with van der Waals surface area (Å²) < 4.78 is 26.6. The molecule has 3 rings (SSSR count). The van der Waals surface area contributed by atoms with Crippen molar-refractivity contribution in [3.8, 4) is 0 Å². The molecule has 2 aromatic rings. The number of nitrogens with one attached hydrogen (secondary N) is 1. The van der Waals surface area contributed by atoms with Gasteiger partial charge in [-0.15, -0.1) is 10.2 Å². The minimum atomic E-state index is -3.67. The number of anilines is 1. The number of benzene rings is 1. The lowest BCUT2D eigenvalue weighted by molar-refractivity contribution is -0.114. The Bertz CT molecular complexity index is 830. The molecule has 25 heavy (non-hydrogen) atoms. The van der Waals surface area contributed by atoms with Gasteiger partial charge in [0.25, 0.3) is 10.0 Å². The molecule has 1 N–H and O–H groups in total. The number of carbonyl (C=O) groups is 1. The Hall–Kier alpha value is -1.88. The first-order valence-electron chi connectivity index (χ1n) is 7.82. The maximum atomic E-state index is 12.7. The molecule has 0 bridgehead atoms. The number of rotatable bonds is 5. The summed E-state index contributed by atoms with van der Waals surface area (Å²) in [5, 5.41) is 10.1. The van der Waals surface area contributed by atoms with E-state index < -0.39 is 10.0 Å². The minimum Gasteiger partial charge on any atom is -0.301 e. The molecule has 10 heteroatoms. The number of sulfonamides is 1. The second-order valence-corrected chi connectivity index (χ2v) is 8.81. The summed E-state index contributed by atoms with van der Waals surface area (Å²) in [4.78, 5) is 13.2. The van der Waals surface area contributed by atoms with Crippen LogP contribution < -0.4 is 5.32 Å². The third kappa shape index (κ3) is 4.40. The number of nitrogens with zero attached hydrogens (tertiary/aromatic N) is 4. The Labute approximate surface area is 150 Å². The SMILES string of the molecule is CC(=O)Nc1nnc(S(=O)(=O)N2CCN(Cc3ccccc3)CC2)s1. The standard InChI is InChI=1S/C15H19N5O3S2/c1-12(21)16-14-17-18-15(24-14)25(22,23)20-9-7-19(8-10-20)11-13-5-3-2-4-6-13/h2-6H,7-11H2,1H3,(H,16,17,21). The number of piperazine rings is 1. The molecule has 2 heterocycles. The van der Waals surface area contributed by atoms with E-state index in [1.54, 1.807) is 0 Å². The van der Waals surface area contributed by atoms with E-state index in [2.05, 4.69) is 32.5 Å². The molecule has 0 spiro atoms. The Morgan fingerprint density at radius 1 is 1.16 bits per heavy atom. The predicted octanol–water partition coefficient (Wildman–Crippen LogP) is 1.00. The number of aromatic nitrogens is 2. The van der Waals surface area contributed by atoms with Crippen LogP contribution in [0, 0.1) is 0 Å². The summed E-state index contributed by atoms with van der Waals surface area (Å²) in [5.74, 6) is -0.311. The minimum absolute atomic E-state index is 0.0900. The molecule has 1 aromatic carbocycles. The van der Waals surface area contributed by atoms with Gasteiger partial charge in [-0.1, -0.05) is 41.7 Å². The number of amides is 1. The van der Waals surface area contributed by atoms with E-state index in [4.69, 9.17) is 0 Å². The molecule has 1 amide bonds. The molecule has 0 unspecified atom stereocenters. The van der Waals surface area contributed by atoms with Crippen molar-refractivity contribution >= 4 is 32.4 Å². The zero-order chi connectivity index (χ0) is 17.9. The average Bonchev–Trinajstić information content (AvgIpc) is 3.05. The van der Waals surface area contributed by atoms with Gasteiger partial charge < -0.3 is 5.32 Å². The third-order valence-electron chi connectivity index (χ3n) is 3.83. The molecule has 0 aliphatic carbocycles. The van der Waals surface area contributed by atoms with Gasteiger partial charge in [0.2, 0.25) is 15.4 Å². The Morgan fingerprint density at radius 2 is 1.84 bits per heavy atom. The summed E-state index contributed by atoms with van der Waals surface area (Å²) in [6.45, 7) is 4.27. The van der Waals surface area contributed by atoms with Crippen molar-refractivity contribution in [2.45, 2.75) is 17.8 Å². The van der Waals surface area contributed by atoms with Gasteiger partial charge >= 0.3 is 0 Å². The van der Waals surface area contributed by atoms with Crippen molar-refractivity contribution in [1.29, 1.82) is 0 Å². The van der Waals surface area contributed by atoms with Gasteiger partial charge in [-0.05, 0) is 5.56 Å². The highest BCUT2D eigenvalue weighted by Crippen LogP contribution is 2.24. The van der Waals surface area contributed by atoms with E-state index in [1.165, 1.54) is 16.8 Å². The topological polar surface area (TPSA) is 95.5 Å². The van der Waals surface area contributed by atoms with Gasteiger partial charge in [-0.25, -0.2) is 8.42 Å². The fourth-order valence-electron chi connectivity index (χ4n) is 2.60. The van der Waals surface area contributed by atoms with Crippen LogP contribution in [0.5, 0.6) is 0 Å². The van der Waals surface area contributed by atoms with Crippen molar-refractivity contribution in [2.75, 3.05) is 31.5 Å². The predicted molar refractivity (Wildman–Crippen MR) is 94.7 cm³/mol. The second-order valence-electron chi connectivity index (χ2n) is 5.72. The Morgan fingerprint density at radius 3 is 2.48 bits per heavy atom. The van der Waals surface area contributed by atoms with Crippen LogP contribution in [0.3, 0.4) is 0 Å². The van der Waals surface area contributed by atoms with Gasteiger partial charge in [-0.2, -0.15) is 4.31 Å². The zero-order valence-electron chi connectivity index (χ0n) is 13.8. The number of hydrogen-bond donors (Lipinski definition) is 1. The summed E-state index contributed by atoms with van der Waals surface area (Å²) in [5.41, 5.74) is 1.21. The fourth-order valence-corrected chi connectivity index (χ4v) is 5.10. The van der Waals surface area contributed by atoms with Crippen molar-refractivity contribution in [3.05, 3.63) is 35.9 Å². The van der Waals surface area contributed by atoms with Gasteiger partial charge in [-0.3, -0.25) is 9.69 Å². The first-order valence-corrected chi connectivity index (χ1v) is 10.1. The van der Waals surface area contributed by atoms with Crippen LogP contribution >= 0.6 is 11.3 Å². The van der Waals surface area contributed by atoms with E-state index in [-0.39, 0.29) is 15.4 Å². The molecular weight excluding hydrogens is 362 g/mol. The summed E-state index contributed by atoms with van der Waals surface area (Å²) in [7, 11) is -3.67. The summed E-state index contributed by atoms with van der Waals surface area (Å²) >= 11 is 0.868. The molecule has 1 saturated heterocycles. The normalized spacial score (nSPS) is 16.7. The molecule has 8 nitrogen and oxygen atoms in total. The quantitative estimate of drug-likeness (QED) is 0.777. The van der Waals surface area contributed by atoms with Crippen molar-refractivity contribution in [3.63, 3.8) is 0 Å². The molecule has 1 aromatic heterocycles. The molecule has 1 aliphatic rings. The van der Waals surface area contributed by atoms with Gasteiger partial charge in [0.05, 0.1) is 0 Å². The van der Waals surface area contributed by atoms with E-state index in [1.807, 2.05) is 18.2 Å². The van der Waals surface area contributed by atoms with Gasteiger partial charge in [0, 0.05) is 39.6 Å². The second kappa shape index (κ2) is 7.56. The number of carbonyl (C=O) groups excluding carboxylic acids is 1. The average molecular weight is 381 g/mol. The largest absolute Gasteiger partial charge is 0.301 e. The van der Waals surface area contributed by atoms with Gasteiger partial charge in [0.1, 0.15) is 0 Å². The molecule has 0 saturated carbocycles. The van der Waals surface area contributed by atoms with Crippen LogP contribution in [-0.4, -0.2) is 59.9 Å². The van der Waals surface area contributed by atoms with Crippen LogP contribution in [-0.2, 0) is 21.4 Å². The zero-order valence-corrected chi connectivity index (χ0v) is 15.4. The third-order valence-corrected chi connectivity index (χ3v) is 6.91. The van der Waals surface area contributed by atoms with Crippen molar-refractivity contribution in [1.82, 2.24) is 19.4 Å². The van der Waals surface area contributed by atoms with Crippen molar-refractivity contribution < 1.29 is 13.2 Å². The lowest BCUT2D eigenvalue weighted by Gasteiger charge is -2.33. The maximum Gasteiger partial charge on any atom is 0.272 e. The van der Waals surface area contributed by atoms with Crippen LogP contribution in [0.15, 0.2) is 34.7 Å². The molecular formula is C15H19N5O3S2. The fraction of sp³-hybridized carbons (Fsp3) is 0.400. The Balaban J connectivity index is 1.61. The molecule has 1 aliphatic heterocycles. The van der Waals surface area contributed by atoms with E-state index in [0.29, 0.717) is 26.2 Å². The van der Waals surface area contributed by atoms with E-state index in [9.17, 15) is 13.2 Å². The first kappa shape index (κ1) is 17.9.